The zero-order valence-electron chi connectivity index (χ0n) is 8.98. The molecule has 0 saturated carbocycles. The van der Waals surface area contributed by atoms with Crippen LogP contribution in [0.25, 0.3) is 0 Å². The molecule has 0 N–H and O–H groups in total. The van der Waals surface area contributed by atoms with Gasteiger partial charge in [0.15, 0.2) is 3.79 Å². The first kappa shape index (κ1) is 17.7. The molecule has 1 amide bonds. The summed E-state index contributed by atoms with van der Waals surface area (Å²) in [6.45, 7) is 0.917. The first-order valence-corrected chi connectivity index (χ1v) is 8.42. The number of likely N-dealkylation sites (tertiary alicyclic amines) is 1. The zero-order chi connectivity index (χ0) is 14.1. The van der Waals surface area contributed by atoms with Gasteiger partial charge in [0, 0.05) is 18.4 Å². The smallest absolute Gasteiger partial charge is 0.274 e. The maximum absolute atomic E-state index is 11.9. The molecular formula is C9H10BrCl6NO. The minimum atomic E-state index is -1.94. The van der Waals surface area contributed by atoms with Crippen LogP contribution in [0.1, 0.15) is 6.42 Å². The number of carbonyl (C=O) groups excluding carboxylic acids is 1. The molecule has 1 aliphatic heterocycles. The zero-order valence-corrected chi connectivity index (χ0v) is 15.1. The van der Waals surface area contributed by atoms with Crippen LogP contribution in [0.2, 0.25) is 0 Å². The molecule has 0 spiro atoms. The van der Waals surface area contributed by atoms with Crippen molar-refractivity contribution >= 4 is 91.4 Å². The van der Waals surface area contributed by atoms with Crippen LogP contribution in [0.5, 0.6) is 0 Å². The van der Waals surface area contributed by atoms with E-state index < -0.39 is 13.5 Å². The van der Waals surface area contributed by atoms with Gasteiger partial charge < -0.3 is 4.90 Å². The molecule has 1 heterocycles. The Morgan fingerprint density at radius 3 is 2.00 bits per heavy atom. The summed E-state index contributed by atoms with van der Waals surface area (Å²) < 4.78 is -3.28. The molecule has 0 bridgehead atoms. The lowest BCUT2D eigenvalue weighted by atomic mass is 9.95. The predicted octanol–water partition coefficient (Wildman–Crippen LogP) is 4.59. The van der Waals surface area contributed by atoms with Crippen molar-refractivity contribution in [2.45, 2.75) is 14.0 Å². The van der Waals surface area contributed by atoms with Crippen molar-refractivity contribution < 1.29 is 4.79 Å². The van der Waals surface area contributed by atoms with E-state index in [2.05, 4.69) is 15.9 Å². The average molecular weight is 441 g/mol. The summed E-state index contributed by atoms with van der Waals surface area (Å²) in [7, 11) is 0. The summed E-state index contributed by atoms with van der Waals surface area (Å²) >= 11 is 37.5. The van der Waals surface area contributed by atoms with Gasteiger partial charge in [-0.25, -0.2) is 0 Å². The molecule has 0 unspecified atom stereocenters. The molecule has 2 nitrogen and oxygen atoms in total. The second-order valence-electron chi connectivity index (χ2n) is 4.20. The van der Waals surface area contributed by atoms with Crippen molar-refractivity contribution in [2.75, 3.05) is 18.4 Å². The number of hydrogen-bond donors (Lipinski definition) is 0. The lowest BCUT2D eigenvalue weighted by molar-refractivity contribution is -0.129. The SMILES string of the molecule is O=C(N1C[C@@H](CBr)[C@H](CC(Cl)(Cl)Cl)C1)C(Cl)(Cl)Cl. The Balaban J connectivity index is 2.72. The van der Waals surface area contributed by atoms with Crippen molar-refractivity contribution in [1.29, 1.82) is 0 Å². The Morgan fingerprint density at radius 2 is 1.61 bits per heavy atom. The van der Waals surface area contributed by atoms with Gasteiger partial charge in [-0.1, -0.05) is 85.5 Å². The van der Waals surface area contributed by atoms with Crippen LogP contribution in [0.4, 0.5) is 0 Å². The molecule has 0 aliphatic carbocycles. The van der Waals surface area contributed by atoms with Gasteiger partial charge in [-0.15, -0.1) is 0 Å². The van der Waals surface area contributed by atoms with Crippen molar-refractivity contribution in [3.8, 4) is 0 Å². The fourth-order valence-electron chi connectivity index (χ4n) is 1.99. The van der Waals surface area contributed by atoms with Gasteiger partial charge in [-0.2, -0.15) is 0 Å². The molecule has 0 aromatic heterocycles. The van der Waals surface area contributed by atoms with E-state index in [-0.39, 0.29) is 11.8 Å². The van der Waals surface area contributed by atoms with Crippen LogP contribution in [0.15, 0.2) is 0 Å². The highest BCUT2D eigenvalue weighted by molar-refractivity contribution is 9.09. The summed E-state index contributed by atoms with van der Waals surface area (Å²) in [5.74, 6) is -0.296. The standard InChI is InChI=1S/C9H10BrCl6NO/c10-2-6-4-17(7(18)9(14,15)16)3-5(6)1-8(11,12)13/h5-6H,1-4H2/t5-,6-/m1/s1. The molecule has 1 saturated heterocycles. The van der Waals surface area contributed by atoms with Gasteiger partial charge in [0.1, 0.15) is 0 Å². The van der Waals surface area contributed by atoms with Crippen LogP contribution < -0.4 is 0 Å². The highest BCUT2D eigenvalue weighted by Crippen LogP contribution is 2.40. The Morgan fingerprint density at radius 1 is 1.11 bits per heavy atom. The summed E-state index contributed by atoms with van der Waals surface area (Å²) in [6, 6.07) is 0. The van der Waals surface area contributed by atoms with Crippen molar-refractivity contribution in [2.24, 2.45) is 11.8 Å². The number of halogens is 7. The molecule has 0 radical (unpaired) electrons. The second-order valence-corrected chi connectivity index (χ2v) is 9.65. The molecule has 1 rings (SSSR count). The second kappa shape index (κ2) is 6.64. The Bertz CT molecular complexity index is 315. The number of amides is 1. The number of carbonyl (C=O) groups is 1. The van der Waals surface area contributed by atoms with Crippen LogP contribution in [0, 0.1) is 11.8 Å². The van der Waals surface area contributed by atoms with E-state index in [0.717, 1.165) is 0 Å². The Hall–Kier alpha value is 1.69. The third-order valence-corrected chi connectivity index (χ3v) is 4.58. The summed E-state index contributed by atoms with van der Waals surface area (Å²) in [5.41, 5.74) is 0. The normalized spacial score (nSPS) is 25.6. The molecule has 1 aliphatic rings. The number of rotatable bonds is 2. The van der Waals surface area contributed by atoms with Gasteiger partial charge in [0.25, 0.3) is 9.70 Å². The molecule has 1 fully saturated rings. The quantitative estimate of drug-likeness (QED) is 0.575. The van der Waals surface area contributed by atoms with E-state index in [0.29, 0.717) is 24.8 Å². The largest absolute Gasteiger partial charge is 0.338 e. The fourth-order valence-corrected chi connectivity index (χ4v) is 3.67. The highest BCUT2D eigenvalue weighted by Gasteiger charge is 2.43. The first-order chi connectivity index (χ1) is 8.04. The van der Waals surface area contributed by atoms with Crippen LogP contribution in [0.3, 0.4) is 0 Å². The van der Waals surface area contributed by atoms with E-state index in [4.69, 9.17) is 69.6 Å². The fraction of sp³-hybridized carbons (Fsp3) is 0.889. The molecule has 0 aromatic carbocycles. The molecular weight excluding hydrogens is 431 g/mol. The molecule has 2 atom stereocenters. The maximum Gasteiger partial charge on any atom is 0.274 e. The van der Waals surface area contributed by atoms with Crippen molar-refractivity contribution in [3.05, 3.63) is 0 Å². The van der Waals surface area contributed by atoms with Gasteiger partial charge >= 0.3 is 0 Å². The maximum atomic E-state index is 11.9. The topological polar surface area (TPSA) is 20.3 Å². The van der Waals surface area contributed by atoms with Gasteiger partial charge in [-0.3, -0.25) is 4.79 Å². The lowest BCUT2D eigenvalue weighted by Gasteiger charge is -2.21. The van der Waals surface area contributed by atoms with Gasteiger partial charge in [-0.05, 0) is 18.3 Å². The van der Waals surface area contributed by atoms with Gasteiger partial charge in [0.05, 0.1) is 0 Å². The molecule has 0 aromatic rings. The van der Waals surface area contributed by atoms with E-state index in [1.807, 2.05) is 0 Å². The monoisotopic (exact) mass is 437 g/mol. The predicted molar refractivity (Wildman–Crippen MR) is 82.6 cm³/mol. The summed E-state index contributed by atoms with van der Waals surface area (Å²) in [5, 5.41) is 0.696. The third-order valence-electron chi connectivity index (χ3n) is 2.80. The molecule has 106 valence electrons. The number of hydrogen-bond acceptors (Lipinski definition) is 1. The van der Waals surface area contributed by atoms with Crippen molar-refractivity contribution in [3.63, 3.8) is 0 Å². The number of alkyl halides is 7. The van der Waals surface area contributed by atoms with Crippen molar-refractivity contribution in [1.82, 2.24) is 4.90 Å². The minimum Gasteiger partial charge on any atom is -0.338 e. The van der Waals surface area contributed by atoms with E-state index in [1.54, 1.807) is 0 Å². The summed E-state index contributed by atoms with van der Waals surface area (Å²) in [6.07, 6.45) is 0.359. The van der Waals surface area contributed by atoms with Crippen LogP contribution in [-0.2, 0) is 4.79 Å². The average Bonchev–Trinajstić information content (AvgIpc) is 2.55. The summed E-state index contributed by atoms with van der Waals surface area (Å²) in [4.78, 5) is 13.4. The molecule has 9 heteroatoms. The third kappa shape index (κ3) is 5.23. The Labute approximate surface area is 144 Å². The minimum absolute atomic E-state index is 0.0631. The first-order valence-electron chi connectivity index (χ1n) is 5.03. The van der Waals surface area contributed by atoms with Crippen LogP contribution >= 0.6 is 85.5 Å². The van der Waals surface area contributed by atoms with Gasteiger partial charge in [0.2, 0.25) is 0 Å². The lowest BCUT2D eigenvalue weighted by Crippen LogP contribution is -2.38. The van der Waals surface area contributed by atoms with E-state index in [9.17, 15) is 4.79 Å². The van der Waals surface area contributed by atoms with E-state index >= 15 is 0 Å². The number of nitrogens with zero attached hydrogens (tertiary/aromatic N) is 1. The van der Waals surface area contributed by atoms with E-state index in [1.165, 1.54) is 4.90 Å². The highest BCUT2D eigenvalue weighted by atomic mass is 79.9. The Kier molecular flexibility index (Phi) is 6.54. The van der Waals surface area contributed by atoms with Crippen LogP contribution in [-0.4, -0.2) is 36.8 Å². The molecule has 18 heavy (non-hydrogen) atoms.